The van der Waals surface area contributed by atoms with Gasteiger partial charge in [0.2, 0.25) is 0 Å². The standard InChI is InChI=1S/C20H18N2O3/c1-21-19(23)13-7-9-16(10-8-13)22-20(24)17-11-14-5-3-4-6-15(14)12-18(17)25-2/h3-12H,1-2H3,(H,21,23)(H,22,24). The van der Waals surface area contributed by atoms with Crippen LogP contribution in [0.15, 0.2) is 60.7 Å². The summed E-state index contributed by atoms with van der Waals surface area (Å²) in [6.45, 7) is 0. The number of ether oxygens (including phenoxy) is 1. The highest BCUT2D eigenvalue weighted by Gasteiger charge is 2.14. The van der Waals surface area contributed by atoms with Crippen LogP contribution in [0.3, 0.4) is 0 Å². The van der Waals surface area contributed by atoms with Crippen LogP contribution >= 0.6 is 0 Å². The molecule has 0 aliphatic heterocycles. The van der Waals surface area contributed by atoms with Crippen molar-refractivity contribution in [2.75, 3.05) is 19.5 Å². The molecule has 0 aliphatic rings. The Morgan fingerprint density at radius 2 is 1.52 bits per heavy atom. The number of hydrogen-bond acceptors (Lipinski definition) is 3. The predicted molar refractivity (Wildman–Crippen MR) is 98.3 cm³/mol. The van der Waals surface area contributed by atoms with Gasteiger partial charge in [-0.2, -0.15) is 0 Å². The quantitative estimate of drug-likeness (QED) is 0.768. The van der Waals surface area contributed by atoms with Crippen LogP contribution in [0.1, 0.15) is 20.7 Å². The summed E-state index contributed by atoms with van der Waals surface area (Å²) in [4.78, 5) is 24.2. The molecule has 3 aromatic carbocycles. The summed E-state index contributed by atoms with van der Waals surface area (Å²) in [5.74, 6) is 0.0718. The molecule has 3 rings (SSSR count). The molecule has 0 saturated heterocycles. The second-order valence-corrected chi connectivity index (χ2v) is 5.51. The van der Waals surface area contributed by atoms with Crippen molar-refractivity contribution in [1.29, 1.82) is 0 Å². The van der Waals surface area contributed by atoms with Gasteiger partial charge in [-0.1, -0.05) is 24.3 Å². The Balaban J connectivity index is 1.88. The molecule has 0 heterocycles. The van der Waals surface area contributed by atoms with Gasteiger partial charge in [-0.25, -0.2) is 0 Å². The van der Waals surface area contributed by atoms with Crippen molar-refractivity contribution >= 4 is 28.3 Å². The van der Waals surface area contributed by atoms with Crippen molar-refractivity contribution in [2.24, 2.45) is 0 Å². The van der Waals surface area contributed by atoms with Crippen LogP contribution in [-0.2, 0) is 0 Å². The molecule has 2 amide bonds. The number of rotatable bonds is 4. The van der Waals surface area contributed by atoms with Gasteiger partial charge in [0.15, 0.2) is 0 Å². The van der Waals surface area contributed by atoms with E-state index in [1.54, 1.807) is 38.4 Å². The van der Waals surface area contributed by atoms with E-state index in [0.29, 0.717) is 22.6 Å². The lowest BCUT2D eigenvalue weighted by molar-refractivity contribution is 0.0962. The normalized spacial score (nSPS) is 10.3. The highest BCUT2D eigenvalue weighted by atomic mass is 16.5. The number of nitrogens with one attached hydrogen (secondary N) is 2. The SMILES string of the molecule is CNC(=O)c1ccc(NC(=O)c2cc3ccccc3cc2OC)cc1. The third-order valence-electron chi connectivity index (χ3n) is 3.94. The molecule has 0 spiro atoms. The first kappa shape index (κ1) is 16.5. The second kappa shape index (κ2) is 7.05. The number of carbonyl (C=O) groups excluding carboxylic acids is 2. The maximum absolute atomic E-state index is 12.6. The van der Waals surface area contributed by atoms with E-state index in [1.807, 2.05) is 36.4 Å². The average Bonchev–Trinajstić information content (AvgIpc) is 2.66. The molecular weight excluding hydrogens is 316 g/mol. The molecular formula is C20H18N2O3. The van der Waals surface area contributed by atoms with Gasteiger partial charge < -0.3 is 15.4 Å². The molecule has 0 aromatic heterocycles. The zero-order chi connectivity index (χ0) is 17.8. The number of anilines is 1. The number of carbonyl (C=O) groups is 2. The van der Waals surface area contributed by atoms with Crippen LogP contribution < -0.4 is 15.4 Å². The van der Waals surface area contributed by atoms with Crippen LogP contribution in [0.2, 0.25) is 0 Å². The molecule has 5 heteroatoms. The number of hydrogen-bond donors (Lipinski definition) is 2. The number of methoxy groups -OCH3 is 1. The molecule has 5 nitrogen and oxygen atoms in total. The summed E-state index contributed by atoms with van der Waals surface area (Å²) in [7, 11) is 3.11. The number of benzene rings is 3. The third-order valence-corrected chi connectivity index (χ3v) is 3.94. The van der Waals surface area contributed by atoms with Gasteiger partial charge in [0.25, 0.3) is 11.8 Å². The minimum absolute atomic E-state index is 0.172. The fourth-order valence-corrected chi connectivity index (χ4v) is 2.61. The molecule has 0 fully saturated rings. The van der Waals surface area contributed by atoms with Crippen molar-refractivity contribution in [1.82, 2.24) is 5.32 Å². The summed E-state index contributed by atoms with van der Waals surface area (Å²) in [5, 5.41) is 7.35. The van der Waals surface area contributed by atoms with E-state index in [4.69, 9.17) is 4.74 Å². The summed E-state index contributed by atoms with van der Waals surface area (Å²) in [6, 6.07) is 18.1. The molecule has 0 bridgehead atoms. The Morgan fingerprint density at radius 1 is 0.880 bits per heavy atom. The van der Waals surface area contributed by atoms with Crippen molar-refractivity contribution in [2.45, 2.75) is 0 Å². The first-order valence-corrected chi connectivity index (χ1v) is 7.82. The van der Waals surface area contributed by atoms with E-state index in [-0.39, 0.29) is 11.8 Å². The zero-order valence-electron chi connectivity index (χ0n) is 14.0. The maximum Gasteiger partial charge on any atom is 0.259 e. The fourth-order valence-electron chi connectivity index (χ4n) is 2.61. The van der Waals surface area contributed by atoms with E-state index in [1.165, 1.54) is 0 Å². The van der Waals surface area contributed by atoms with Gasteiger partial charge in [-0.15, -0.1) is 0 Å². The van der Waals surface area contributed by atoms with Gasteiger partial charge in [0, 0.05) is 18.3 Å². The van der Waals surface area contributed by atoms with Crippen molar-refractivity contribution in [3.8, 4) is 5.75 Å². The molecule has 25 heavy (non-hydrogen) atoms. The lowest BCUT2D eigenvalue weighted by atomic mass is 10.1. The van der Waals surface area contributed by atoms with Gasteiger partial charge in [0.05, 0.1) is 12.7 Å². The maximum atomic E-state index is 12.6. The first-order valence-electron chi connectivity index (χ1n) is 7.82. The molecule has 0 aliphatic carbocycles. The van der Waals surface area contributed by atoms with Gasteiger partial charge in [-0.3, -0.25) is 9.59 Å². The third kappa shape index (κ3) is 3.45. The summed E-state index contributed by atoms with van der Waals surface area (Å²) >= 11 is 0. The molecule has 3 aromatic rings. The largest absolute Gasteiger partial charge is 0.496 e. The fraction of sp³-hybridized carbons (Fsp3) is 0.100. The minimum atomic E-state index is -0.268. The molecule has 0 unspecified atom stereocenters. The first-order chi connectivity index (χ1) is 12.1. The lowest BCUT2D eigenvalue weighted by Gasteiger charge is -2.11. The monoisotopic (exact) mass is 334 g/mol. The highest BCUT2D eigenvalue weighted by molar-refractivity contribution is 6.09. The average molecular weight is 334 g/mol. The van der Waals surface area contributed by atoms with Crippen LogP contribution in [0.4, 0.5) is 5.69 Å². The Morgan fingerprint density at radius 3 is 2.12 bits per heavy atom. The topological polar surface area (TPSA) is 67.4 Å². The van der Waals surface area contributed by atoms with E-state index in [2.05, 4.69) is 10.6 Å². The van der Waals surface area contributed by atoms with E-state index >= 15 is 0 Å². The van der Waals surface area contributed by atoms with Crippen LogP contribution in [0.25, 0.3) is 10.8 Å². The Bertz CT molecular complexity index is 933. The lowest BCUT2D eigenvalue weighted by Crippen LogP contribution is -2.18. The Kier molecular flexibility index (Phi) is 4.66. The van der Waals surface area contributed by atoms with Crippen molar-refractivity contribution in [3.05, 3.63) is 71.8 Å². The van der Waals surface area contributed by atoms with Crippen molar-refractivity contribution < 1.29 is 14.3 Å². The summed E-state index contributed by atoms with van der Waals surface area (Å²) in [6.07, 6.45) is 0. The van der Waals surface area contributed by atoms with Crippen LogP contribution in [-0.4, -0.2) is 26.0 Å². The molecule has 126 valence electrons. The Labute approximate surface area is 145 Å². The smallest absolute Gasteiger partial charge is 0.259 e. The zero-order valence-corrected chi connectivity index (χ0v) is 14.0. The molecule has 0 atom stereocenters. The van der Waals surface area contributed by atoms with Crippen molar-refractivity contribution in [3.63, 3.8) is 0 Å². The second-order valence-electron chi connectivity index (χ2n) is 5.51. The minimum Gasteiger partial charge on any atom is -0.496 e. The number of amides is 2. The van der Waals surface area contributed by atoms with Gasteiger partial charge in [-0.05, 0) is 47.2 Å². The van der Waals surface area contributed by atoms with Crippen LogP contribution in [0.5, 0.6) is 5.75 Å². The highest BCUT2D eigenvalue weighted by Crippen LogP contribution is 2.26. The van der Waals surface area contributed by atoms with E-state index in [0.717, 1.165) is 10.8 Å². The molecule has 2 N–H and O–H groups in total. The summed E-state index contributed by atoms with van der Waals surface area (Å²) in [5.41, 5.74) is 1.59. The van der Waals surface area contributed by atoms with Gasteiger partial charge in [0.1, 0.15) is 5.75 Å². The Hall–Kier alpha value is -3.34. The predicted octanol–water partition coefficient (Wildman–Crippen LogP) is 3.46. The van der Waals surface area contributed by atoms with Gasteiger partial charge >= 0.3 is 0 Å². The summed E-state index contributed by atoms with van der Waals surface area (Å²) < 4.78 is 5.36. The van der Waals surface area contributed by atoms with E-state index < -0.39 is 0 Å². The molecule has 0 radical (unpaired) electrons. The molecule has 0 saturated carbocycles. The number of fused-ring (bicyclic) bond motifs is 1. The van der Waals surface area contributed by atoms with E-state index in [9.17, 15) is 9.59 Å². The van der Waals surface area contributed by atoms with Crippen LogP contribution in [0, 0.1) is 0 Å².